The summed E-state index contributed by atoms with van der Waals surface area (Å²) in [7, 11) is 0. The van der Waals surface area contributed by atoms with E-state index in [2.05, 4.69) is 37.2 Å². The molecule has 21 heavy (non-hydrogen) atoms. The zero-order chi connectivity index (χ0) is 14.7. The van der Waals surface area contributed by atoms with E-state index >= 15 is 0 Å². The van der Waals surface area contributed by atoms with Gasteiger partial charge in [0.05, 0.1) is 11.4 Å². The number of anilines is 2. The predicted molar refractivity (Wildman–Crippen MR) is 87.8 cm³/mol. The Kier molecular flexibility index (Phi) is 4.20. The van der Waals surface area contributed by atoms with E-state index in [-0.39, 0.29) is 5.91 Å². The molecular formula is C16H16BrN3O. The van der Waals surface area contributed by atoms with Crippen LogP contribution in [-0.2, 0) is 0 Å². The van der Waals surface area contributed by atoms with Crippen molar-refractivity contribution in [2.24, 2.45) is 0 Å². The zero-order valence-electron chi connectivity index (χ0n) is 11.6. The van der Waals surface area contributed by atoms with Gasteiger partial charge in [-0.1, -0.05) is 12.1 Å². The van der Waals surface area contributed by atoms with Gasteiger partial charge in [-0.2, -0.15) is 0 Å². The van der Waals surface area contributed by atoms with Crippen LogP contribution in [0, 0.1) is 0 Å². The zero-order valence-corrected chi connectivity index (χ0v) is 13.1. The first-order valence-corrected chi connectivity index (χ1v) is 7.80. The lowest BCUT2D eigenvalue weighted by Gasteiger charge is -2.21. The fraction of sp³-hybridized carbons (Fsp3) is 0.250. The molecule has 1 saturated heterocycles. The molecule has 0 unspecified atom stereocenters. The van der Waals surface area contributed by atoms with Crippen LogP contribution in [-0.4, -0.2) is 24.0 Å². The maximum absolute atomic E-state index is 12.3. The molecule has 4 nitrogen and oxygen atoms in total. The molecule has 1 aromatic heterocycles. The first-order valence-electron chi connectivity index (χ1n) is 7.01. The molecule has 2 heterocycles. The normalized spacial score (nSPS) is 14.2. The molecule has 2 aromatic rings. The van der Waals surface area contributed by atoms with Crippen molar-refractivity contribution in [3.05, 3.63) is 52.8 Å². The number of nitrogens with one attached hydrogen (secondary N) is 1. The van der Waals surface area contributed by atoms with E-state index in [1.165, 1.54) is 12.8 Å². The molecular weight excluding hydrogens is 330 g/mol. The maximum Gasteiger partial charge on any atom is 0.274 e. The highest BCUT2D eigenvalue weighted by atomic mass is 79.9. The minimum Gasteiger partial charge on any atom is -0.370 e. The minimum absolute atomic E-state index is 0.186. The van der Waals surface area contributed by atoms with E-state index < -0.39 is 0 Å². The van der Waals surface area contributed by atoms with E-state index in [4.69, 9.17) is 0 Å². The number of rotatable bonds is 3. The second kappa shape index (κ2) is 6.26. The van der Waals surface area contributed by atoms with Crippen LogP contribution in [0.1, 0.15) is 23.3 Å². The highest BCUT2D eigenvalue weighted by Crippen LogP contribution is 2.28. The van der Waals surface area contributed by atoms with Crippen LogP contribution in [0.3, 0.4) is 0 Å². The third-order valence-corrected chi connectivity index (χ3v) is 4.03. The summed E-state index contributed by atoms with van der Waals surface area (Å²) in [6, 6.07) is 11.4. The molecule has 1 aliphatic rings. The predicted octanol–water partition coefficient (Wildman–Crippen LogP) is 3.70. The molecule has 0 spiro atoms. The minimum atomic E-state index is -0.186. The Labute approximate surface area is 132 Å². The quantitative estimate of drug-likeness (QED) is 0.922. The van der Waals surface area contributed by atoms with Crippen molar-refractivity contribution in [1.82, 2.24) is 4.98 Å². The van der Waals surface area contributed by atoms with Crippen molar-refractivity contribution in [3.63, 3.8) is 0 Å². The molecule has 108 valence electrons. The molecule has 1 N–H and O–H groups in total. The standard InChI is InChI=1S/C16H16BrN3O/c17-12-7-8-14(18-11-12)16(21)19-13-5-1-2-6-15(13)20-9-3-4-10-20/h1-2,5-8,11H,3-4,9-10H2,(H,19,21). The van der Waals surface area contributed by atoms with E-state index in [9.17, 15) is 4.79 Å². The molecule has 0 atom stereocenters. The smallest absolute Gasteiger partial charge is 0.274 e. The molecule has 0 saturated carbocycles. The summed E-state index contributed by atoms with van der Waals surface area (Å²) in [4.78, 5) is 18.7. The van der Waals surface area contributed by atoms with Gasteiger partial charge in [-0.25, -0.2) is 4.98 Å². The third kappa shape index (κ3) is 3.24. The van der Waals surface area contributed by atoms with Gasteiger partial charge in [0.25, 0.3) is 5.91 Å². The third-order valence-electron chi connectivity index (χ3n) is 3.56. The number of hydrogen-bond acceptors (Lipinski definition) is 3. The summed E-state index contributed by atoms with van der Waals surface area (Å²) in [6.45, 7) is 2.09. The van der Waals surface area contributed by atoms with E-state index in [0.717, 1.165) is 28.9 Å². The number of amides is 1. The summed E-state index contributed by atoms with van der Waals surface area (Å²) in [5, 5.41) is 2.96. The lowest BCUT2D eigenvalue weighted by atomic mass is 10.2. The largest absolute Gasteiger partial charge is 0.370 e. The number of carbonyl (C=O) groups excluding carboxylic acids is 1. The molecule has 1 aliphatic heterocycles. The van der Waals surface area contributed by atoms with Gasteiger partial charge in [0, 0.05) is 23.8 Å². The van der Waals surface area contributed by atoms with E-state index in [1.807, 2.05) is 24.3 Å². The summed E-state index contributed by atoms with van der Waals surface area (Å²) < 4.78 is 0.858. The van der Waals surface area contributed by atoms with Crippen molar-refractivity contribution in [3.8, 4) is 0 Å². The Balaban J connectivity index is 1.81. The average molecular weight is 346 g/mol. The van der Waals surface area contributed by atoms with E-state index in [1.54, 1.807) is 12.3 Å². The maximum atomic E-state index is 12.3. The number of carbonyl (C=O) groups is 1. The molecule has 0 bridgehead atoms. The Morgan fingerprint density at radius 2 is 1.90 bits per heavy atom. The van der Waals surface area contributed by atoms with Gasteiger partial charge in [-0.15, -0.1) is 0 Å². The topological polar surface area (TPSA) is 45.2 Å². The number of benzene rings is 1. The summed E-state index contributed by atoms with van der Waals surface area (Å²) in [5.74, 6) is -0.186. The Hall–Kier alpha value is -1.88. The highest BCUT2D eigenvalue weighted by Gasteiger charge is 2.17. The van der Waals surface area contributed by atoms with Gasteiger partial charge < -0.3 is 10.2 Å². The number of halogens is 1. The summed E-state index contributed by atoms with van der Waals surface area (Å²) in [5.41, 5.74) is 2.34. The molecule has 5 heteroatoms. The molecule has 1 amide bonds. The number of hydrogen-bond donors (Lipinski definition) is 1. The van der Waals surface area contributed by atoms with Crippen LogP contribution < -0.4 is 10.2 Å². The van der Waals surface area contributed by atoms with Crippen LogP contribution in [0.25, 0.3) is 0 Å². The molecule has 0 radical (unpaired) electrons. The van der Waals surface area contributed by atoms with Gasteiger partial charge in [0.1, 0.15) is 5.69 Å². The van der Waals surface area contributed by atoms with Crippen LogP contribution in [0.2, 0.25) is 0 Å². The monoisotopic (exact) mass is 345 g/mol. The first kappa shape index (κ1) is 14.1. The number of pyridine rings is 1. The molecule has 0 aliphatic carbocycles. The molecule has 1 fully saturated rings. The van der Waals surface area contributed by atoms with Crippen molar-refractivity contribution in [2.75, 3.05) is 23.3 Å². The second-order valence-corrected chi connectivity index (χ2v) is 5.94. The SMILES string of the molecule is O=C(Nc1ccccc1N1CCCC1)c1ccc(Br)cn1. The van der Waals surface area contributed by atoms with Crippen molar-refractivity contribution >= 4 is 33.2 Å². The number of para-hydroxylation sites is 2. The fourth-order valence-corrected chi connectivity index (χ4v) is 2.74. The van der Waals surface area contributed by atoms with Gasteiger partial charge in [-0.3, -0.25) is 4.79 Å². The van der Waals surface area contributed by atoms with Gasteiger partial charge in [0.2, 0.25) is 0 Å². The van der Waals surface area contributed by atoms with Crippen molar-refractivity contribution < 1.29 is 4.79 Å². The highest BCUT2D eigenvalue weighted by molar-refractivity contribution is 9.10. The molecule has 1 aromatic carbocycles. The van der Waals surface area contributed by atoms with Crippen LogP contribution in [0.15, 0.2) is 47.1 Å². The number of nitrogens with zero attached hydrogens (tertiary/aromatic N) is 2. The average Bonchev–Trinajstić information content (AvgIpc) is 3.02. The first-order chi connectivity index (χ1) is 10.2. The molecule has 3 rings (SSSR count). The van der Waals surface area contributed by atoms with Gasteiger partial charge in [-0.05, 0) is 53.0 Å². The second-order valence-electron chi connectivity index (χ2n) is 5.03. The van der Waals surface area contributed by atoms with Gasteiger partial charge in [0.15, 0.2) is 0 Å². The Morgan fingerprint density at radius 3 is 2.62 bits per heavy atom. The summed E-state index contributed by atoms with van der Waals surface area (Å²) in [6.07, 6.45) is 4.04. The summed E-state index contributed by atoms with van der Waals surface area (Å²) >= 11 is 3.32. The van der Waals surface area contributed by atoms with Crippen LogP contribution >= 0.6 is 15.9 Å². The van der Waals surface area contributed by atoms with Crippen molar-refractivity contribution in [2.45, 2.75) is 12.8 Å². The lowest BCUT2D eigenvalue weighted by Crippen LogP contribution is -2.21. The van der Waals surface area contributed by atoms with Crippen LogP contribution in [0.4, 0.5) is 11.4 Å². The Bertz CT molecular complexity index is 636. The lowest BCUT2D eigenvalue weighted by molar-refractivity contribution is 0.102. The van der Waals surface area contributed by atoms with E-state index in [0.29, 0.717) is 5.69 Å². The van der Waals surface area contributed by atoms with Crippen molar-refractivity contribution in [1.29, 1.82) is 0 Å². The Morgan fingerprint density at radius 1 is 1.14 bits per heavy atom. The number of aromatic nitrogens is 1. The van der Waals surface area contributed by atoms with Gasteiger partial charge >= 0.3 is 0 Å². The van der Waals surface area contributed by atoms with Crippen LogP contribution in [0.5, 0.6) is 0 Å². The fourth-order valence-electron chi connectivity index (χ4n) is 2.51.